The number of hydrogen-bond donors (Lipinski definition) is 4. The van der Waals surface area contributed by atoms with Crippen LogP contribution in [0.25, 0.3) is 0 Å². The van der Waals surface area contributed by atoms with Crippen molar-refractivity contribution < 1.29 is 4.79 Å². The van der Waals surface area contributed by atoms with E-state index in [1.807, 2.05) is 36.4 Å². The SMILES string of the molecule is NCC(=O)Nc1nc(N)ccc1CNc1ccccc1. The maximum atomic E-state index is 11.4. The normalized spacial score (nSPS) is 10.1. The summed E-state index contributed by atoms with van der Waals surface area (Å²) < 4.78 is 0. The first kappa shape index (κ1) is 13.8. The summed E-state index contributed by atoms with van der Waals surface area (Å²) in [6.07, 6.45) is 0. The molecule has 0 radical (unpaired) electrons. The minimum atomic E-state index is -0.302. The van der Waals surface area contributed by atoms with Gasteiger partial charge in [-0.25, -0.2) is 4.98 Å². The van der Waals surface area contributed by atoms with Crippen LogP contribution in [0.15, 0.2) is 42.5 Å². The van der Waals surface area contributed by atoms with E-state index in [1.165, 1.54) is 0 Å². The monoisotopic (exact) mass is 271 g/mol. The van der Waals surface area contributed by atoms with Crippen molar-refractivity contribution in [3.8, 4) is 0 Å². The number of para-hydroxylation sites is 1. The number of nitrogens with two attached hydrogens (primary N) is 2. The predicted molar refractivity (Wildman–Crippen MR) is 80.1 cm³/mol. The number of nitrogens with one attached hydrogen (secondary N) is 2. The maximum absolute atomic E-state index is 11.4. The van der Waals surface area contributed by atoms with Crippen molar-refractivity contribution in [2.24, 2.45) is 5.73 Å². The minimum absolute atomic E-state index is 0.0952. The van der Waals surface area contributed by atoms with Gasteiger partial charge in [-0.15, -0.1) is 0 Å². The van der Waals surface area contributed by atoms with Gasteiger partial charge in [0.2, 0.25) is 5.91 Å². The summed E-state index contributed by atoms with van der Waals surface area (Å²) in [4.78, 5) is 15.5. The molecule has 1 aromatic heterocycles. The third kappa shape index (κ3) is 3.69. The molecule has 0 fully saturated rings. The van der Waals surface area contributed by atoms with Crippen molar-refractivity contribution in [1.29, 1.82) is 0 Å². The first-order valence-corrected chi connectivity index (χ1v) is 6.23. The highest BCUT2D eigenvalue weighted by molar-refractivity contribution is 5.92. The quantitative estimate of drug-likeness (QED) is 0.653. The highest BCUT2D eigenvalue weighted by atomic mass is 16.1. The fourth-order valence-corrected chi connectivity index (χ4v) is 1.69. The van der Waals surface area contributed by atoms with E-state index in [1.54, 1.807) is 6.07 Å². The zero-order valence-electron chi connectivity index (χ0n) is 11.0. The summed E-state index contributed by atoms with van der Waals surface area (Å²) in [6, 6.07) is 13.3. The van der Waals surface area contributed by atoms with Gasteiger partial charge in [0, 0.05) is 17.8 Å². The molecule has 0 unspecified atom stereocenters. The molecule has 0 spiro atoms. The zero-order valence-corrected chi connectivity index (χ0v) is 11.0. The van der Waals surface area contributed by atoms with E-state index < -0.39 is 0 Å². The second-order valence-electron chi connectivity index (χ2n) is 4.22. The Kier molecular flexibility index (Phi) is 4.52. The number of nitrogen functional groups attached to an aromatic ring is 1. The molecule has 104 valence electrons. The molecule has 6 N–H and O–H groups in total. The van der Waals surface area contributed by atoms with E-state index in [0.29, 0.717) is 18.2 Å². The van der Waals surface area contributed by atoms with E-state index in [-0.39, 0.29) is 12.5 Å². The molecule has 1 aromatic carbocycles. The Morgan fingerprint density at radius 2 is 1.90 bits per heavy atom. The Bertz CT molecular complexity index is 585. The maximum Gasteiger partial charge on any atom is 0.239 e. The van der Waals surface area contributed by atoms with Crippen LogP contribution < -0.4 is 22.1 Å². The van der Waals surface area contributed by atoms with Crippen LogP contribution in [0, 0.1) is 0 Å². The van der Waals surface area contributed by atoms with Gasteiger partial charge in [-0.05, 0) is 24.3 Å². The first-order valence-electron chi connectivity index (χ1n) is 6.23. The van der Waals surface area contributed by atoms with Gasteiger partial charge in [0.25, 0.3) is 0 Å². The van der Waals surface area contributed by atoms with Crippen molar-refractivity contribution in [3.05, 3.63) is 48.0 Å². The molecule has 1 heterocycles. The van der Waals surface area contributed by atoms with Gasteiger partial charge >= 0.3 is 0 Å². The number of rotatable bonds is 5. The molecule has 0 aliphatic carbocycles. The topological polar surface area (TPSA) is 106 Å². The van der Waals surface area contributed by atoms with Crippen molar-refractivity contribution in [1.82, 2.24) is 4.98 Å². The van der Waals surface area contributed by atoms with Gasteiger partial charge in [-0.1, -0.05) is 18.2 Å². The summed E-state index contributed by atoms with van der Waals surface area (Å²) in [5, 5.41) is 5.89. The van der Waals surface area contributed by atoms with E-state index in [9.17, 15) is 4.79 Å². The highest BCUT2D eigenvalue weighted by Crippen LogP contribution is 2.17. The zero-order chi connectivity index (χ0) is 14.4. The van der Waals surface area contributed by atoms with Gasteiger partial charge < -0.3 is 22.1 Å². The third-order valence-corrected chi connectivity index (χ3v) is 2.70. The molecule has 20 heavy (non-hydrogen) atoms. The Morgan fingerprint density at radius 1 is 1.15 bits per heavy atom. The molecule has 1 amide bonds. The van der Waals surface area contributed by atoms with Crippen molar-refractivity contribution in [3.63, 3.8) is 0 Å². The van der Waals surface area contributed by atoms with Gasteiger partial charge in [-0.2, -0.15) is 0 Å². The third-order valence-electron chi connectivity index (χ3n) is 2.70. The molecule has 0 aliphatic heterocycles. The lowest BCUT2D eigenvalue weighted by atomic mass is 10.2. The van der Waals surface area contributed by atoms with Crippen LogP contribution in [0.2, 0.25) is 0 Å². The molecule has 2 aromatic rings. The fraction of sp³-hybridized carbons (Fsp3) is 0.143. The molecule has 2 rings (SSSR count). The van der Waals surface area contributed by atoms with E-state index in [4.69, 9.17) is 11.5 Å². The number of aromatic nitrogens is 1. The summed E-state index contributed by atoms with van der Waals surface area (Å²) in [6.45, 7) is 0.430. The van der Waals surface area contributed by atoms with E-state index in [2.05, 4.69) is 15.6 Å². The Balaban J connectivity index is 2.12. The van der Waals surface area contributed by atoms with E-state index >= 15 is 0 Å². The smallest absolute Gasteiger partial charge is 0.239 e. The van der Waals surface area contributed by atoms with Gasteiger partial charge in [0.15, 0.2) is 0 Å². The number of amides is 1. The summed E-state index contributed by atoms with van der Waals surface area (Å²) >= 11 is 0. The summed E-state index contributed by atoms with van der Waals surface area (Å²) in [5.74, 6) is 0.480. The van der Waals surface area contributed by atoms with Crippen LogP contribution in [-0.2, 0) is 11.3 Å². The Hall–Kier alpha value is -2.60. The molecule has 6 heteroatoms. The van der Waals surface area contributed by atoms with Crippen LogP contribution in [0.3, 0.4) is 0 Å². The summed E-state index contributed by atoms with van der Waals surface area (Å²) in [5.41, 5.74) is 12.7. The predicted octanol–water partition coefficient (Wildman–Crippen LogP) is 1.17. The average molecular weight is 271 g/mol. The second kappa shape index (κ2) is 6.53. The highest BCUT2D eigenvalue weighted by Gasteiger charge is 2.08. The second-order valence-corrected chi connectivity index (χ2v) is 4.22. The van der Waals surface area contributed by atoms with Gasteiger partial charge in [0.05, 0.1) is 6.54 Å². The van der Waals surface area contributed by atoms with Crippen LogP contribution in [0.5, 0.6) is 0 Å². The molecule has 0 atom stereocenters. The number of benzene rings is 1. The molecule has 0 aliphatic rings. The summed E-state index contributed by atoms with van der Waals surface area (Å²) in [7, 11) is 0. The number of pyridine rings is 1. The van der Waals surface area contributed by atoms with Crippen LogP contribution in [0.4, 0.5) is 17.3 Å². The minimum Gasteiger partial charge on any atom is -0.384 e. The number of anilines is 3. The lowest BCUT2D eigenvalue weighted by Crippen LogP contribution is -2.23. The van der Waals surface area contributed by atoms with Crippen LogP contribution in [0.1, 0.15) is 5.56 Å². The molecular formula is C14H17N5O. The van der Waals surface area contributed by atoms with Crippen molar-refractivity contribution in [2.75, 3.05) is 22.9 Å². The number of nitrogens with zero attached hydrogens (tertiary/aromatic N) is 1. The molecule has 0 bridgehead atoms. The Labute approximate surface area is 117 Å². The first-order chi connectivity index (χ1) is 9.69. The standard InChI is InChI=1S/C14H17N5O/c15-8-13(20)19-14-10(6-7-12(16)18-14)9-17-11-4-2-1-3-5-11/h1-7,17H,8-9,15H2,(H3,16,18,19,20). The number of carbonyl (C=O) groups is 1. The lowest BCUT2D eigenvalue weighted by Gasteiger charge is -2.12. The van der Waals surface area contributed by atoms with E-state index in [0.717, 1.165) is 11.3 Å². The van der Waals surface area contributed by atoms with Crippen molar-refractivity contribution in [2.45, 2.75) is 6.54 Å². The number of hydrogen-bond acceptors (Lipinski definition) is 5. The molecule has 6 nitrogen and oxygen atoms in total. The average Bonchev–Trinajstić information content (AvgIpc) is 2.47. The van der Waals surface area contributed by atoms with Crippen molar-refractivity contribution >= 4 is 23.2 Å². The lowest BCUT2D eigenvalue weighted by molar-refractivity contribution is -0.114. The van der Waals surface area contributed by atoms with Gasteiger partial charge in [-0.3, -0.25) is 4.79 Å². The van der Waals surface area contributed by atoms with Crippen LogP contribution in [-0.4, -0.2) is 17.4 Å². The van der Waals surface area contributed by atoms with Crippen LogP contribution >= 0.6 is 0 Å². The molecule has 0 saturated heterocycles. The molecule has 0 saturated carbocycles. The Morgan fingerprint density at radius 3 is 2.60 bits per heavy atom. The largest absolute Gasteiger partial charge is 0.384 e. The number of carbonyl (C=O) groups excluding carboxylic acids is 1. The van der Waals surface area contributed by atoms with Gasteiger partial charge in [0.1, 0.15) is 11.6 Å². The fourth-order valence-electron chi connectivity index (χ4n) is 1.69. The molecular weight excluding hydrogens is 254 g/mol.